The molecule has 0 aromatic heterocycles. The summed E-state index contributed by atoms with van der Waals surface area (Å²) in [5, 5.41) is 3.02. The molecule has 5 heteroatoms. The van der Waals surface area contributed by atoms with Gasteiger partial charge in [0.05, 0.1) is 0 Å². The molecule has 0 unspecified atom stereocenters. The van der Waals surface area contributed by atoms with Gasteiger partial charge in [0.15, 0.2) is 0 Å². The number of anilines is 1. The maximum absolute atomic E-state index is 13.0. The van der Waals surface area contributed by atoms with Crippen LogP contribution in [0.3, 0.4) is 0 Å². The number of benzene rings is 4. The van der Waals surface area contributed by atoms with Crippen molar-refractivity contribution in [2.24, 2.45) is 5.73 Å². The highest BCUT2D eigenvalue weighted by atomic mass is 16.5. The van der Waals surface area contributed by atoms with Crippen LogP contribution in [0.2, 0.25) is 0 Å². The van der Waals surface area contributed by atoms with Crippen LogP contribution >= 0.6 is 0 Å². The molecule has 0 spiro atoms. The number of rotatable bonds is 9. The van der Waals surface area contributed by atoms with Crippen LogP contribution in [0.25, 0.3) is 11.1 Å². The zero-order valence-corrected chi connectivity index (χ0v) is 20.1. The highest BCUT2D eigenvalue weighted by Crippen LogP contribution is 2.32. The monoisotopic (exact) mass is 466 g/mol. The van der Waals surface area contributed by atoms with Crippen LogP contribution in [0, 0.1) is 13.8 Å². The van der Waals surface area contributed by atoms with Crippen LogP contribution in [-0.4, -0.2) is 19.1 Å². The maximum atomic E-state index is 13.0. The van der Waals surface area contributed by atoms with Crippen molar-refractivity contribution in [3.8, 4) is 22.6 Å². The molecule has 0 radical (unpaired) electrons. The van der Waals surface area contributed by atoms with E-state index in [9.17, 15) is 4.79 Å². The van der Waals surface area contributed by atoms with Gasteiger partial charge in [-0.15, -0.1) is 0 Å². The lowest BCUT2D eigenvalue weighted by Gasteiger charge is -2.15. The Morgan fingerprint density at radius 3 is 2.29 bits per heavy atom. The molecule has 0 aliphatic heterocycles. The second-order valence-corrected chi connectivity index (χ2v) is 8.38. The SMILES string of the molecule is Cc1cc(C(=O)Nc2cccc(-c3ccccc3OCc3ccccc3)c2)cc(C)c1OCCN. The number of hydrogen-bond donors (Lipinski definition) is 2. The molecule has 4 rings (SSSR count). The van der Waals surface area contributed by atoms with Gasteiger partial charge in [-0.25, -0.2) is 0 Å². The summed E-state index contributed by atoms with van der Waals surface area (Å²) in [6.45, 7) is 5.23. The number of nitrogens with two attached hydrogens (primary N) is 1. The maximum Gasteiger partial charge on any atom is 0.255 e. The smallest absolute Gasteiger partial charge is 0.255 e. The predicted molar refractivity (Wildman–Crippen MR) is 141 cm³/mol. The molecule has 3 N–H and O–H groups in total. The molecule has 4 aromatic carbocycles. The minimum atomic E-state index is -0.174. The van der Waals surface area contributed by atoms with E-state index in [1.807, 2.05) is 105 Å². The van der Waals surface area contributed by atoms with E-state index in [4.69, 9.17) is 15.2 Å². The number of nitrogens with one attached hydrogen (secondary N) is 1. The molecule has 0 saturated carbocycles. The predicted octanol–water partition coefficient (Wildman–Crippen LogP) is 6.14. The van der Waals surface area contributed by atoms with Crippen molar-refractivity contribution in [1.82, 2.24) is 0 Å². The molecule has 35 heavy (non-hydrogen) atoms. The Balaban J connectivity index is 1.52. The Morgan fingerprint density at radius 2 is 1.54 bits per heavy atom. The number of ether oxygens (including phenoxy) is 2. The zero-order valence-electron chi connectivity index (χ0n) is 20.1. The van der Waals surface area contributed by atoms with Gasteiger partial charge in [0.2, 0.25) is 0 Å². The Morgan fingerprint density at radius 1 is 0.829 bits per heavy atom. The Kier molecular flexibility index (Phi) is 7.81. The highest BCUT2D eigenvalue weighted by molar-refractivity contribution is 6.05. The summed E-state index contributed by atoms with van der Waals surface area (Å²) in [6, 6.07) is 29.5. The van der Waals surface area contributed by atoms with Gasteiger partial charge in [-0.1, -0.05) is 60.7 Å². The van der Waals surface area contributed by atoms with Gasteiger partial charge in [-0.3, -0.25) is 4.79 Å². The number of hydrogen-bond acceptors (Lipinski definition) is 4. The lowest BCUT2D eigenvalue weighted by atomic mass is 10.0. The van der Waals surface area contributed by atoms with Crippen molar-refractivity contribution in [3.05, 3.63) is 113 Å². The number of para-hydroxylation sites is 1. The van der Waals surface area contributed by atoms with E-state index >= 15 is 0 Å². The molecular formula is C30H30N2O3. The van der Waals surface area contributed by atoms with E-state index in [0.717, 1.165) is 39.3 Å². The second-order valence-electron chi connectivity index (χ2n) is 8.38. The Hall–Kier alpha value is -4.09. The Labute approximate surface area is 206 Å². The summed E-state index contributed by atoms with van der Waals surface area (Å²) in [7, 11) is 0. The zero-order chi connectivity index (χ0) is 24.6. The van der Waals surface area contributed by atoms with Crippen LogP contribution in [0.1, 0.15) is 27.0 Å². The highest BCUT2D eigenvalue weighted by Gasteiger charge is 2.13. The molecule has 0 bridgehead atoms. The molecule has 0 atom stereocenters. The molecular weight excluding hydrogens is 436 g/mol. The van der Waals surface area contributed by atoms with Crippen molar-refractivity contribution in [2.75, 3.05) is 18.5 Å². The summed E-state index contributed by atoms with van der Waals surface area (Å²) in [5.41, 5.74) is 11.7. The van der Waals surface area contributed by atoms with Gasteiger partial charge in [-0.05, 0) is 66.4 Å². The number of carbonyl (C=O) groups excluding carboxylic acids is 1. The summed E-state index contributed by atoms with van der Waals surface area (Å²) < 4.78 is 11.9. The molecule has 1 amide bonds. The molecule has 0 fully saturated rings. The van der Waals surface area contributed by atoms with Crippen molar-refractivity contribution >= 4 is 11.6 Å². The largest absolute Gasteiger partial charge is 0.492 e. The number of amides is 1. The average molecular weight is 467 g/mol. The van der Waals surface area contributed by atoms with Crippen molar-refractivity contribution in [2.45, 2.75) is 20.5 Å². The molecule has 0 aliphatic rings. The topological polar surface area (TPSA) is 73.6 Å². The fraction of sp³-hybridized carbons (Fsp3) is 0.167. The van der Waals surface area contributed by atoms with Gasteiger partial charge >= 0.3 is 0 Å². The Bertz CT molecular complexity index is 1280. The van der Waals surface area contributed by atoms with Gasteiger partial charge in [0, 0.05) is 23.4 Å². The van der Waals surface area contributed by atoms with E-state index in [1.54, 1.807) is 0 Å². The second kappa shape index (κ2) is 11.4. The van der Waals surface area contributed by atoms with E-state index in [-0.39, 0.29) is 5.91 Å². The van der Waals surface area contributed by atoms with Crippen LogP contribution in [0.4, 0.5) is 5.69 Å². The first kappa shape index (κ1) is 24.0. The first-order valence-corrected chi connectivity index (χ1v) is 11.7. The van der Waals surface area contributed by atoms with Gasteiger partial charge in [-0.2, -0.15) is 0 Å². The fourth-order valence-electron chi connectivity index (χ4n) is 4.00. The summed E-state index contributed by atoms with van der Waals surface area (Å²) in [6.07, 6.45) is 0. The van der Waals surface area contributed by atoms with Crippen LogP contribution < -0.4 is 20.5 Å². The van der Waals surface area contributed by atoms with E-state index in [0.29, 0.717) is 31.0 Å². The number of aryl methyl sites for hydroxylation is 2. The van der Waals surface area contributed by atoms with E-state index < -0.39 is 0 Å². The molecule has 0 heterocycles. The van der Waals surface area contributed by atoms with E-state index in [1.165, 1.54) is 0 Å². The minimum absolute atomic E-state index is 0.174. The normalized spacial score (nSPS) is 10.6. The quantitative estimate of drug-likeness (QED) is 0.311. The summed E-state index contributed by atoms with van der Waals surface area (Å²) >= 11 is 0. The fourth-order valence-corrected chi connectivity index (χ4v) is 4.00. The van der Waals surface area contributed by atoms with Crippen molar-refractivity contribution < 1.29 is 14.3 Å². The van der Waals surface area contributed by atoms with Crippen molar-refractivity contribution in [3.63, 3.8) is 0 Å². The molecule has 5 nitrogen and oxygen atoms in total. The van der Waals surface area contributed by atoms with Gasteiger partial charge in [0.1, 0.15) is 24.7 Å². The molecule has 178 valence electrons. The lowest BCUT2D eigenvalue weighted by Crippen LogP contribution is -2.14. The average Bonchev–Trinajstić information content (AvgIpc) is 2.88. The van der Waals surface area contributed by atoms with Crippen molar-refractivity contribution in [1.29, 1.82) is 0 Å². The van der Waals surface area contributed by atoms with Gasteiger partial charge in [0.25, 0.3) is 5.91 Å². The first-order chi connectivity index (χ1) is 17.0. The van der Waals surface area contributed by atoms with E-state index in [2.05, 4.69) is 5.32 Å². The molecule has 4 aromatic rings. The first-order valence-electron chi connectivity index (χ1n) is 11.7. The molecule has 0 aliphatic carbocycles. The van der Waals surface area contributed by atoms with Crippen LogP contribution in [-0.2, 0) is 6.61 Å². The van der Waals surface area contributed by atoms with Crippen LogP contribution in [0.15, 0.2) is 91.0 Å². The third-order valence-corrected chi connectivity index (χ3v) is 5.64. The standard InChI is InChI=1S/C30H30N2O3/c1-21-17-25(18-22(2)29(21)34-16-15-31)30(33)32-26-12-8-11-24(19-26)27-13-6-7-14-28(27)35-20-23-9-4-3-5-10-23/h3-14,17-19H,15-16,20,31H2,1-2H3,(H,32,33). The third-order valence-electron chi connectivity index (χ3n) is 5.64. The molecule has 0 saturated heterocycles. The number of carbonyl (C=O) groups is 1. The lowest BCUT2D eigenvalue weighted by molar-refractivity contribution is 0.102. The van der Waals surface area contributed by atoms with Crippen LogP contribution in [0.5, 0.6) is 11.5 Å². The summed E-state index contributed by atoms with van der Waals surface area (Å²) in [5.74, 6) is 1.40. The minimum Gasteiger partial charge on any atom is -0.492 e. The summed E-state index contributed by atoms with van der Waals surface area (Å²) in [4.78, 5) is 13.0. The third kappa shape index (κ3) is 6.08. The van der Waals surface area contributed by atoms with Gasteiger partial charge < -0.3 is 20.5 Å².